The first kappa shape index (κ1) is 50.9. The summed E-state index contributed by atoms with van der Waals surface area (Å²) < 4.78 is 28.3. The van der Waals surface area contributed by atoms with Crippen molar-refractivity contribution in [3.63, 3.8) is 0 Å². The first-order chi connectivity index (χ1) is 37.4. The van der Waals surface area contributed by atoms with E-state index in [2.05, 4.69) is 160 Å². The molecule has 0 N–H and O–H groups in total. The van der Waals surface area contributed by atoms with Crippen LogP contribution in [0.3, 0.4) is 0 Å². The van der Waals surface area contributed by atoms with Gasteiger partial charge in [-0.1, -0.05) is 108 Å². The Morgan fingerprint density at radius 3 is 1.24 bits per heavy atom. The minimum atomic E-state index is -0.401. The van der Waals surface area contributed by atoms with Crippen LogP contribution in [0.2, 0.25) is 10.0 Å². The summed E-state index contributed by atoms with van der Waals surface area (Å²) in [7, 11) is 0. The van der Waals surface area contributed by atoms with Gasteiger partial charge in [0.2, 0.25) is 13.6 Å². The SMILES string of the molecule is O=C(C(CN1CCn2cccc2C1c1ccc(Cl)cc1)N1CCN(C(Cc2ccccc2)C2=COCO2)CC1)C(CN1CCn2cccc2C1c1ccc(Cl)cc1)N1CCN(C(Cc2ccccc2)C2=COCO2)CC1. The van der Waals surface area contributed by atoms with Crippen molar-refractivity contribution >= 4 is 29.0 Å². The van der Waals surface area contributed by atoms with Crippen molar-refractivity contribution in [2.45, 2.75) is 62.2 Å². The van der Waals surface area contributed by atoms with Gasteiger partial charge in [0, 0.05) is 125 Å². The van der Waals surface area contributed by atoms with E-state index in [0.717, 1.165) is 103 Å². The molecule has 13 nitrogen and oxygen atoms in total. The van der Waals surface area contributed by atoms with Crippen molar-refractivity contribution in [1.82, 2.24) is 38.5 Å². The van der Waals surface area contributed by atoms with Gasteiger partial charge in [0.05, 0.1) is 36.3 Å². The third-order valence-corrected chi connectivity index (χ3v) is 17.3. The van der Waals surface area contributed by atoms with Crippen molar-refractivity contribution in [2.75, 3.05) is 92.1 Å². The Morgan fingerprint density at radius 1 is 0.461 bits per heavy atom. The maximum absolute atomic E-state index is 16.8. The van der Waals surface area contributed by atoms with E-state index in [-0.39, 0.29) is 43.5 Å². The van der Waals surface area contributed by atoms with Crippen molar-refractivity contribution in [1.29, 1.82) is 0 Å². The molecule has 0 saturated carbocycles. The molecule has 2 fully saturated rings. The van der Waals surface area contributed by atoms with Crippen molar-refractivity contribution in [2.24, 2.45) is 0 Å². The highest BCUT2D eigenvalue weighted by Gasteiger charge is 2.44. The summed E-state index contributed by atoms with van der Waals surface area (Å²) in [5, 5.41) is 1.42. The fourth-order valence-electron chi connectivity index (χ4n) is 12.8. The first-order valence-electron chi connectivity index (χ1n) is 27.2. The maximum atomic E-state index is 16.8. The van der Waals surface area contributed by atoms with Crippen LogP contribution >= 0.6 is 23.2 Å². The highest BCUT2D eigenvalue weighted by Crippen LogP contribution is 2.37. The first-order valence-corrected chi connectivity index (χ1v) is 27.9. The molecule has 0 amide bonds. The lowest BCUT2D eigenvalue weighted by atomic mass is 9.93. The van der Waals surface area contributed by atoms with Gasteiger partial charge >= 0.3 is 0 Å². The van der Waals surface area contributed by atoms with Crippen LogP contribution in [-0.2, 0) is 49.7 Å². The number of aromatic nitrogens is 2. The molecule has 6 aliphatic rings. The summed E-state index contributed by atoms with van der Waals surface area (Å²) in [5.74, 6) is 2.01. The predicted molar refractivity (Wildman–Crippen MR) is 296 cm³/mol. The number of ketones is 1. The standard InChI is InChI=1S/C61H68Cl2N8O5/c62-49-19-15-47(16-20-49)59-51-13-7-23-64(51)33-35-70(59)39-55(68-29-25-66(26-30-68)53(57-41-73-43-75-57)37-45-9-3-1-4-10-45)61(72)56(40-71-36-34-65-24-8-14-52(65)60(71)48-17-21-50(63)22-18-48)69-31-27-67(28-32-69)54(58-42-74-44-76-58)38-46-11-5-2-6-12-46/h1-24,41-42,53-56,59-60H,25-40,43-44H2. The number of ether oxygens (including phenoxy) is 4. The Balaban J connectivity index is 0.892. The predicted octanol–water partition coefficient (Wildman–Crippen LogP) is 8.56. The van der Waals surface area contributed by atoms with Gasteiger partial charge in [0.15, 0.2) is 17.3 Å². The molecule has 0 spiro atoms. The second-order valence-electron chi connectivity index (χ2n) is 21.0. The molecule has 396 valence electrons. The molecule has 6 aliphatic heterocycles. The fourth-order valence-corrected chi connectivity index (χ4v) is 13.1. The molecule has 2 saturated heterocycles. The van der Waals surface area contributed by atoms with E-state index in [1.54, 1.807) is 12.5 Å². The topological polar surface area (TPSA) is 83.3 Å². The van der Waals surface area contributed by atoms with E-state index in [0.29, 0.717) is 23.1 Å². The van der Waals surface area contributed by atoms with Gasteiger partial charge in [-0.05, 0) is 83.6 Å². The summed E-state index contributed by atoms with van der Waals surface area (Å²) in [5.41, 5.74) is 7.29. The second-order valence-corrected chi connectivity index (χ2v) is 21.9. The number of piperazine rings is 2. The van der Waals surface area contributed by atoms with Crippen LogP contribution < -0.4 is 0 Å². The van der Waals surface area contributed by atoms with E-state index < -0.39 is 12.1 Å². The maximum Gasteiger partial charge on any atom is 0.229 e. The zero-order valence-corrected chi connectivity index (χ0v) is 44.6. The zero-order valence-electron chi connectivity index (χ0n) is 43.1. The van der Waals surface area contributed by atoms with E-state index in [9.17, 15) is 0 Å². The molecular weight excluding hydrogens is 996 g/mol. The summed E-state index contributed by atoms with van der Waals surface area (Å²) in [6.07, 6.45) is 9.57. The second kappa shape index (κ2) is 23.4. The van der Waals surface area contributed by atoms with Gasteiger partial charge in [-0.15, -0.1) is 0 Å². The van der Waals surface area contributed by atoms with Gasteiger partial charge in [-0.3, -0.25) is 34.2 Å². The summed E-state index contributed by atoms with van der Waals surface area (Å²) in [6, 6.07) is 45.8. The highest BCUT2D eigenvalue weighted by molar-refractivity contribution is 6.30. The molecule has 0 radical (unpaired) electrons. The molecule has 6 atom stereocenters. The quantitative estimate of drug-likeness (QED) is 0.0831. The van der Waals surface area contributed by atoms with Crippen LogP contribution in [0.4, 0.5) is 0 Å². The van der Waals surface area contributed by atoms with Crippen molar-refractivity contribution in [3.8, 4) is 0 Å². The number of fused-ring (bicyclic) bond motifs is 2. The van der Waals surface area contributed by atoms with Gasteiger partial charge in [-0.2, -0.15) is 0 Å². The average molecular weight is 1060 g/mol. The monoisotopic (exact) mass is 1060 g/mol. The molecule has 15 heteroatoms. The molecular formula is C61H68Cl2N8O5. The number of nitrogens with zero attached hydrogens (tertiary/aromatic N) is 8. The summed E-state index contributed by atoms with van der Waals surface area (Å²) in [6.45, 7) is 11.0. The van der Waals surface area contributed by atoms with Gasteiger partial charge in [0.1, 0.15) is 12.5 Å². The summed E-state index contributed by atoms with van der Waals surface area (Å²) in [4.78, 5) is 32.0. The Labute approximate surface area is 457 Å². The van der Waals surface area contributed by atoms with E-state index in [1.165, 1.54) is 33.6 Å². The molecule has 4 aromatic carbocycles. The van der Waals surface area contributed by atoms with E-state index in [1.807, 2.05) is 24.3 Å². The fraction of sp³-hybridized carbons (Fsp3) is 0.393. The number of halogens is 2. The lowest BCUT2D eigenvalue weighted by Crippen LogP contribution is -2.64. The minimum absolute atomic E-state index is 0.0138. The number of carbonyl (C=O) groups is 1. The number of benzene rings is 4. The average Bonchev–Trinajstić information content (AvgIpc) is 4.37. The zero-order chi connectivity index (χ0) is 51.4. The largest absolute Gasteiger partial charge is 0.462 e. The molecule has 6 aromatic rings. The molecule has 0 aliphatic carbocycles. The third-order valence-electron chi connectivity index (χ3n) is 16.8. The minimum Gasteiger partial charge on any atom is -0.462 e. The van der Waals surface area contributed by atoms with Crippen molar-refractivity contribution < 1.29 is 23.7 Å². The molecule has 0 bridgehead atoms. The van der Waals surface area contributed by atoms with Gasteiger partial charge in [-0.25, -0.2) is 0 Å². The number of carbonyl (C=O) groups excluding carboxylic acids is 1. The number of Topliss-reactive ketones (excluding diaryl/α,β-unsaturated/α-hetero) is 1. The molecule has 76 heavy (non-hydrogen) atoms. The van der Waals surface area contributed by atoms with Crippen LogP contribution in [0.15, 0.2) is 170 Å². The van der Waals surface area contributed by atoms with Crippen LogP contribution in [0.5, 0.6) is 0 Å². The van der Waals surface area contributed by atoms with Crippen LogP contribution in [0.1, 0.15) is 45.7 Å². The normalized spacial score (nSPS) is 22.4. The molecule has 6 unspecified atom stereocenters. The van der Waals surface area contributed by atoms with E-state index >= 15 is 4.79 Å². The Hall–Kier alpha value is -5.87. The van der Waals surface area contributed by atoms with Crippen LogP contribution in [0, 0.1) is 0 Å². The number of hydrogen-bond donors (Lipinski definition) is 0. The van der Waals surface area contributed by atoms with Crippen molar-refractivity contribution in [3.05, 3.63) is 214 Å². The Bertz CT molecular complexity index is 2740. The lowest BCUT2D eigenvalue weighted by Gasteiger charge is -2.48. The third kappa shape index (κ3) is 11.1. The smallest absolute Gasteiger partial charge is 0.229 e. The number of rotatable bonds is 18. The highest BCUT2D eigenvalue weighted by atomic mass is 35.5. The van der Waals surface area contributed by atoms with Gasteiger partial charge in [0.25, 0.3) is 0 Å². The summed E-state index contributed by atoms with van der Waals surface area (Å²) >= 11 is 13.1. The molecule has 12 rings (SSSR count). The lowest BCUT2D eigenvalue weighted by molar-refractivity contribution is -0.134. The molecule has 2 aromatic heterocycles. The van der Waals surface area contributed by atoms with Crippen LogP contribution in [0.25, 0.3) is 0 Å². The number of hydrogen-bond acceptors (Lipinski definition) is 11. The molecule has 8 heterocycles. The van der Waals surface area contributed by atoms with E-state index in [4.69, 9.17) is 42.1 Å². The Kier molecular flexibility index (Phi) is 15.7. The van der Waals surface area contributed by atoms with Gasteiger partial charge < -0.3 is 28.1 Å². The Morgan fingerprint density at radius 2 is 0.855 bits per heavy atom. The van der Waals surface area contributed by atoms with Crippen LogP contribution in [-0.4, -0.2) is 161 Å².